The van der Waals surface area contributed by atoms with E-state index in [-0.39, 0.29) is 0 Å². The number of aromatic nitrogens is 3. The maximum atomic E-state index is 4.29. The molecule has 1 aliphatic rings. The predicted molar refractivity (Wildman–Crippen MR) is 77.0 cm³/mol. The Bertz CT molecular complexity index is 354. The highest BCUT2D eigenvalue weighted by Crippen LogP contribution is 2.12. The molecule has 0 spiro atoms. The fourth-order valence-corrected chi connectivity index (χ4v) is 2.74. The van der Waals surface area contributed by atoms with E-state index < -0.39 is 0 Å². The summed E-state index contributed by atoms with van der Waals surface area (Å²) in [6.45, 7) is 4.42. The molecule has 0 radical (unpaired) electrons. The van der Waals surface area contributed by atoms with Gasteiger partial charge in [-0.2, -0.15) is 5.10 Å². The highest BCUT2D eigenvalue weighted by atomic mass is 15.3. The molecule has 5 heteroatoms. The van der Waals surface area contributed by atoms with Gasteiger partial charge in [-0.15, -0.1) is 0 Å². The lowest BCUT2D eigenvalue weighted by Crippen LogP contribution is -2.37. The van der Waals surface area contributed by atoms with Gasteiger partial charge < -0.3 is 10.6 Å². The average molecular weight is 265 g/mol. The fraction of sp³-hybridized carbons (Fsp3) is 0.857. The van der Waals surface area contributed by atoms with Crippen molar-refractivity contribution in [3.63, 3.8) is 0 Å². The van der Waals surface area contributed by atoms with Crippen molar-refractivity contribution in [1.82, 2.24) is 25.4 Å². The largest absolute Gasteiger partial charge is 0.314 e. The number of nitrogens with zero attached hydrogens (tertiary/aromatic N) is 3. The van der Waals surface area contributed by atoms with Crippen molar-refractivity contribution < 1.29 is 0 Å². The molecule has 2 unspecified atom stereocenters. The van der Waals surface area contributed by atoms with Crippen molar-refractivity contribution in [2.24, 2.45) is 7.05 Å². The third-order valence-electron chi connectivity index (χ3n) is 3.79. The summed E-state index contributed by atoms with van der Waals surface area (Å²) in [5, 5.41) is 11.5. The van der Waals surface area contributed by atoms with Crippen LogP contribution in [-0.2, 0) is 13.5 Å². The van der Waals surface area contributed by atoms with Crippen LogP contribution in [0.5, 0.6) is 0 Å². The van der Waals surface area contributed by atoms with Gasteiger partial charge in [0.05, 0.1) is 0 Å². The van der Waals surface area contributed by atoms with Crippen LogP contribution in [0.2, 0.25) is 0 Å². The van der Waals surface area contributed by atoms with Crippen LogP contribution < -0.4 is 10.6 Å². The lowest BCUT2D eigenvalue weighted by Gasteiger charge is -2.21. The lowest BCUT2D eigenvalue weighted by molar-refractivity contribution is 0.404. The Labute approximate surface area is 116 Å². The van der Waals surface area contributed by atoms with E-state index in [9.17, 15) is 0 Å². The van der Waals surface area contributed by atoms with E-state index in [2.05, 4.69) is 27.6 Å². The smallest absolute Gasteiger partial charge is 0.151 e. The van der Waals surface area contributed by atoms with Crippen LogP contribution in [0.4, 0.5) is 0 Å². The SMILES string of the molecule is CC(CC1CCCCCN1)NCCc1ncn(C)n1. The van der Waals surface area contributed by atoms with Crippen LogP contribution in [0.1, 0.15) is 44.9 Å². The molecule has 108 valence electrons. The van der Waals surface area contributed by atoms with E-state index in [0.717, 1.165) is 18.8 Å². The Morgan fingerprint density at radius 1 is 1.47 bits per heavy atom. The highest BCUT2D eigenvalue weighted by molar-refractivity contribution is 4.83. The van der Waals surface area contributed by atoms with Crippen LogP contribution in [0.25, 0.3) is 0 Å². The number of rotatable bonds is 6. The number of hydrogen-bond donors (Lipinski definition) is 2. The molecule has 19 heavy (non-hydrogen) atoms. The lowest BCUT2D eigenvalue weighted by atomic mass is 10.0. The first-order chi connectivity index (χ1) is 9.24. The van der Waals surface area contributed by atoms with E-state index in [4.69, 9.17) is 0 Å². The highest BCUT2D eigenvalue weighted by Gasteiger charge is 2.14. The van der Waals surface area contributed by atoms with E-state index in [1.165, 1.54) is 38.6 Å². The molecule has 1 fully saturated rings. The Morgan fingerprint density at radius 3 is 3.16 bits per heavy atom. The molecule has 2 rings (SSSR count). The van der Waals surface area contributed by atoms with E-state index in [1.807, 2.05) is 7.05 Å². The van der Waals surface area contributed by atoms with Crippen molar-refractivity contribution in [2.45, 2.75) is 57.5 Å². The molecule has 0 aromatic carbocycles. The van der Waals surface area contributed by atoms with Gasteiger partial charge in [-0.05, 0) is 32.7 Å². The molecule has 0 saturated carbocycles. The molecule has 1 aromatic rings. The van der Waals surface area contributed by atoms with Gasteiger partial charge in [0.2, 0.25) is 0 Å². The third kappa shape index (κ3) is 5.28. The maximum Gasteiger partial charge on any atom is 0.151 e. The third-order valence-corrected chi connectivity index (χ3v) is 3.79. The van der Waals surface area contributed by atoms with E-state index >= 15 is 0 Å². The van der Waals surface area contributed by atoms with Crippen LogP contribution in [-0.4, -0.2) is 39.9 Å². The Balaban J connectivity index is 1.62. The van der Waals surface area contributed by atoms with Crippen molar-refractivity contribution in [2.75, 3.05) is 13.1 Å². The quantitative estimate of drug-likeness (QED) is 0.813. The molecule has 0 aliphatic carbocycles. The molecule has 1 aliphatic heterocycles. The second kappa shape index (κ2) is 7.60. The molecular weight excluding hydrogens is 238 g/mol. The fourth-order valence-electron chi connectivity index (χ4n) is 2.74. The molecule has 0 amide bonds. The molecule has 1 aromatic heterocycles. The minimum Gasteiger partial charge on any atom is -0.314 e. The Hall–Kier alpha value is -0.940. The van der Waals surface area contributed by atoms with Crippen molar-refractivity contribution in [3.8, 4) is 0 Å². The van der Waals surface area contributed by atoms with Gasteiger partial charge >= 0.3 is 0 Å². The number of aryl methyl sites for hydroxylation is 1. The zero-order valence-electron chi connectivity index (χ0n) is 12.2. The first kappa shape index (κ1) is 14.5. The minimum absolute atomic E-state index is 0.555. The monoisotopic (exact) mass is 265 g/mol. The Kier molecular flexibility index (Phi) is 5.79. The maximum absolute atomic E-state index is 4.29. The minimum atomic E-state index is 0.555. The predicted octanol–water partition coefficient (Wildman–Crippen LogP) is 1.26. The summed E-state index contributed by atoms with van der Waals surface area (Å²) in [6, 6.07) is 1.25. The van der Waals surface area contributed by atoms with Gasteiger partial charge in [0.25, 0.3) is 0 Å². The van der Waals surface area contributed by atoms with Crippen molar-refractivity contribution in [1.29, 1.82) is 0 Å². The van der Waals surface area contributed by atoms with Gasteiger partial charge in [-0.1, -0.05) is 12.8 Å². The molecule has 2 atom stereocenters. The van der Waals surface area contributed by atoms with Crippen molar-refractivity contribution in [3.05, 3.63) is 12.2 Å². The molecule has 2 heterocycles. The summed E-state index contributed by atoms with van der Waals surface area (Å²) >= 11 is 0. The summed E-state index contributed by atoms with van der Waals surface area (Å²) in [5.74, 6) is 0.926. The zero-order valence-corrected chi connectivity index (χ0v) is 12.2. The van der Waals surface area contributed by atoms with Gasteiger partial charge in [0.15, 0.2) is 5.82 Å². The van der Waals surface area contributed by atoms with Gasteiger partial charge in [-0.25, -0.2) is 4.98 Å². The summed E-state index contributed by atoms with van der Waals surface area (Å²) in [7, 11) is 1.91. The second-order valence-corrected chi connectivity index (χ2v) is 5.68. The molecule has 1 saturated heterocycles. The van der Waals surface area contributed by atoms with Gasteiger partial charge in [0, 0.05) is 32.1 Å². The first-order valence-corrected chi connectivity index (χ1v) is 7.55. The van der Waals surface area contributed by atoms with Crippen LogP contribution in [0.15, 0.2) is 6.33 Å². The van der Waals surface area contributed by atoms with Crippen LogP contribution >= 0.6 is 0 Å². The summed E-state index contributed by atoms with van der Waals surface area (Å²) in [6.07, 6.45) is 9.31. The van der Waals surface area contributed by atoms with Crippen LogP contribution in [0.3, 0.4) is 0 Å². The standard InChI is InChI=1S/C14H27N5/c1-12(10-13-6-4-3-5-8-16-13)15-9-7-14-17-11-19(2)18-14/h11-13,15-16H,3-10H2,1-2H3. The summed E-state index contributed by atoms with van der Waals surface area (Å²) < 4.78 is 1.76. The van der Waals surface area contributed by atoms with Crippen LogP contribution in [0, 0.1) is 0 Å². The van der Waals surface area contributed by atoms with Gasteiger partial charge in [-0.3, -0.25) is 4.68 Å². The second-order valence-electron chi connectivity index (χ2n) is 5.68. The topological polar surface area (TPSA) is 54.8 Å². The first-order valence-electron chi connectivity index (χ1n) is 7.55. The van der Waals surface area contributed by atoms with E-state index in [1.54, 1.807) is 11.0 Å². The number of hydrogen-bond acceptors (Lipinski definition) is 4. The van der Waals surface area contributed by atoms with Crippen molar-refractivity contribution >= 4 is 0 Å². The Morgan fingerprint density at radius 2 is 2.37 bits per heavy atom. The summed E-state index contributed by atoms with van der Waals surface area (Å²) in [4.78, 5) is 4.24. The molecule has 0 bridgehead atoms. The number of nitrogens with one attached hydrogen (secondary N) is 2. The van der Waals surface area contributed by atoms with E-state index in [0.29, 0.717) is 12.1 Å². The summed E-state index contributed by atoms with van der Waals surface area (Å²) in [5.41, 5.74) is 0. The zero-order chi connectivity index (χ0) is 13.5. The average Bonchev–Trinajstić information content (AvgIpc) is 2.63. The molecule has 2 N–H and O–H groups in total. The normalized spacial score (nSPS) is 22.1. The van der Waals surface area contributed by atoms with Gasteiger partial charge in [0.1, 0.15) is 6.33 Å². The molecule has 5 nitrogen and oxygen atoms in total. The molecular formula is C14H27N5.